The first-order chi connectivity index (χ1) is 10.8. The summed E-state index contributed by atoms with van der Waals surface area (Å²) in [5, 5.41) is 0. The molecule has 2 rings (SSSR count). The summed E-state index contributed by atoms with van der Waals surface area (Å²) in [4.78, 5) is 17.2. The van der Waals surface area contributed by atoms with Gasteiger partial charge in [0.15, 0.2) is 0 Å². The van der Waals surface area contributed by atoms with E-state index in [1.165, 1.54) is 0 Å². The summed E-state index contributed by atoms with van der Waals surface area (Å²) in [6, 6.07) is 0. The average Bonchev–Trinajstić information content (AvgIpc) is 2.55. The Morgan fingerprint density at radius 1 is 0.696 bits per heavy atom. The predicted molar refractivity (Wildman–Crippen MR) is 95.7 cm³/mol. The van der Waals surface area contributed by atoms with Crippen LogP contribution in [0.5, 0.6) is 0 Å². The van der Waals surface area contributed by atoms with Gasteiger partial charge < -0.3 is 0 Å². The van der Waals surface area contributed by atoms with E-state index in [0.29, 0.717) is 17.8 Å². The number of rotatable bonds is 4. The van der Waals surface area contributed by atoms with Crippen LogP contribution in [-0.4, -0.2) is 19.9 Å². The van der Waals surface area contributed by atoms with Crippen molar-refractivity contribution in [3.8, 4) is 0 Å². The number of hydrogen-bond acceptors (Lipinski definition) is 4. The van der Waals surface area contributed by atoms with Crippen molar-refractivity contribution in [2.24, 2.45) is 0 Å². The van der Waals surface area contributed by atoms with Crippen LogP contribution in [0.25, 0.3) is 0 Å². The third-order valence-electron chi connectivity index (χ3n) is 3.53. The maximum atomic E-state index is 4.43. The number of hydrogen-bond donors (Lipinski definition) is 0. The standard InChI is InChI=1S/C10H16N2.C9H14N2/c1-7(2)9-5-12-10(6-11-9)8(3)4;1-4-8-5-10-6-9(11-8)7(2)3/h5-8H,1-4H3;5-7H,4H2,1-3H3. The molecule has 0 N–H and O–H groups in total. The normalized spacial score (nSPS) is 10.9. The van der Waals surface area contributed by atoms with Gasteiger partial charge in [0.25, 0.3) is 0 Å². The fourth-order valence-electron chi connectivity index (χ4n) is 1.82. The SMILES string of the molecule is CC(C)c1cnc(C(C)C)cn1.CCc1cncc(C(C)C)n1. The molecule has 0 aliphatic carbocycles. The lowest BCUT2D eigenvalue weighted by molar-refractivity contribution is 0.767. The van der Waals surface area contributed by atoms with E-state index in [1.807, 2.05) is 24.8 Å². The van der Waals surface area contributed by atoms with E-state index in [1.54, 1.807) is 0 Å². The number of nitrogens with zero attached hydrogens (tertiary/aromatic N) is 4. The van der Waals surface area contributed by atoms with Gasteiger partial charge in [-0.1, -0.05) is 48.5 Å². The molecule has 0 aliphatic heterocycles. The molecule has 0 saturated carbocycles. The second-order valence-corrected chi connectivity index (χ2v) is 6.62. The highest BCUT2D eigenvalue weighted by Crippen LogP contribution is 2.13. The second-order valence-electron chi connectivity index (χ2n) is 6.62. The molecule has 2 aromatic heterocycles. The minimum atomic E-state index is 0.471. The van der Waals surface area contributed by atoms with Gasteiger partial charge in [0.2, 0.25) is 0 Å². The van der Waals surface area contributed by atoms with Crippen LogP contribution in [0.15, 0.2) is 24.8 Å². The van der Waals surface area contributed by atoms with E-state index in [2.05, 4.69) is 68.4 Å². The van der Waals surface area contributed by atoms with Crippen molar-refractivity contribution in [1.29, 1.82) is 0 Å². The van der Waals surface area contributed by atoms with Crippen LogP contribution in [0.3, 0.4) is 0 Å². The Hall–Kier alpha value is -1.84. The highest BCUT2D eigenvalue weighted by atomic mass is 14.8. The molecule has 2 aromatic rings. The Kier molecular flexibility index (Phi) is 7.79. The summed E-state index contributed by atoms with van der Waals surface area (Å²) >= 11 is 0. The molecule has 0 amide bonds. The summed E-state index contributed by atoms with van der Waals surface area (Å²) in [6.07, 6.45) is 8.38. The minimum Gasteiger partial charge on any atom is -0.261 e. The first-order valence-electron chi connectivity index (χ1n) is 8.47. The summed E-state index contributed by atoms with van der Waals surface area (Å²) in [7, 11) is 0. The van der Waals surface area contributed by atoms with Gasteiger partial charge in [-0.05, 0) is 24.2 Å². The quantitative estimate of drug-likeness (QED) is 0.806. The smallest absolute Gasteiger partial charge is 0.0615 e. The summed E-state index contributed by atoms with van der Waals surface area (Å²) in [6.45, 7) is 14.8. The zero-order valence-electron chi connectivity index (χ0n) is 15.5. The van der Waals surface area contributed by atoms with Crippen LogP contribution in [0, 0.1) is 0 Å². The fraction of sp³-hybridized carbons (Fsp3) is 0.579. The van der Waals surface area contributed by atoms with Crippen LogP contribution in [0.4, 0.5) is 0 Å². The van der Waals surface area contributed by atoms with Crippen LogP contribution in [0.1, 0.15) is 89.0 Å². The number of aryl methyl sites for hydroxylation is 1. The monoisotopic (exact) mass is 314 g/mol. The molecule has 0 aliphatic rings. The zero-order chi connectivity index (χ0) is 17.4. The Morgan fingerprint density at radius 2 is 1.17 bits per heavy atom. The fourth-order valence-corrected chi connectivity index (χ4v) is 1.82. The van der Waals surface area contributed by atoms with Crippen molar-refractivity contribution in [3.05, 3.63) is 47.6 Å². The molecule has 0 spiro atoms. The predicted octanol–water partition coefficient (Wildman–Crippen LogP) is 4.89. The van der Waals surface area contributed by atoms with Gasteiger partial charge in [0, 0.05) is 24.8 Å². The average molecular weight is 314 g/mol. The molecule has 0 unspecified atom stereocenters. The Balaban J connectivity index is 0.000000231. The molecule has 23 heavy (non-hydrogen) atoms. The van der Waals surface area contributed by atoms with Gasteiger partial charge in [-0.15, -0.1) is 0 Å². The van der Waals surface area contributed by atoms with Crippen LogP contribution < -0.4 is 0 Å². The molecule has 0 aromatic carbocycles. The van der Waals surface area contributed by atoms with Gasteiger partial charge >= 0.3 is 0 Å². The van der Waals surface area contributed by atoms with Gasteiger partial charge in [0.1, 0.15) is 0 Å². The van der Waals surface area contributed by atoms with E-state index in [4.69, 9.17) is 0 Å². The van der Waals surface area contributed by atoms with Crippen LogP contribution in [-0.2, 0) is 6.42 Å². The van der Waals surface area contributed by atoms with Crippen LogP contribution >= 0.6 is 0 Å². The van der Waals surface area contributed by atoms with Gasteiger partial charge in [-0.3, -0.25) is 19.9 Å². The van der Waals surface area contributed by atoms with E-state index >= 15 is 0 Å². The van der Waals surface area contributed by atoms with E-state index in [9.17, 15) is 0 Å². The first kappa shape index (κ1) is 19.2. The Labute approximate surface area is 140 Å². The largest absolute Gasteiger partial charge is 0.261 e. The van der Waals surface area contributed by atoms with Crippen LogP contribution in [0.2, 0.25) is 0 Å². The molecule has 0 bridgehead atoms. The van der Waals surface area contributed by atoms with E-state index in [0.717, 1.165) is 29.2 Å². The topological polar surface area (TPSA) is 51.6 Å². The molecule has 0 saturated heterocycles. The summed E-state index contributed by atoms with van der Waals surface area (Å²) in [5.74, 6) is 1.42. The molecule has 0 radical (unpaired) electrons. The Morgan fingerprint density at radius 3 is 1.52 bits per heavy atom. The molecule has 0 fully saturated rings. The third kappa shape index (κ3) is 6.43. The maximum absolute atomic E-state index is 4.43. The van der Waals surface area contributed by atoms with Crippen molar-refractivity contribution in [3.63, 3.8) is 0 Å². The molecule has 4 heteroatoms. The highest BCUT2D eigenvalue weighted by Gasteiger charge is 2.03. The molecule has 4 nitrogen and oxygen atoms in total. The van der Waals surface area contributed by atoms with E-state index in [-0.39, 0.29) is 0 Å². The lowest BCUT2D eigenvalue weighted by atomic mass is 10.1. The molecule has 2 heterocycles. The maximum Gasteiger partial charge on any atom is 0.0615 e. The molecular formula is C19H30N4. The zero-order valence-corrected chi connectivity index (χ0v) is 15.5. The Bertz CT molecular complexity index is 547. The molecule has 126 valence electrons. The van der Waals surface area contributed by atoms with E-state index < -0.39 is 0 Å². The summed E-state index contributed by atoms with van der Waals surface area (Å²) < 4.78 is 0. The first-order valence-corrected chi connectivity index (χ1v) is 8.47. The number of aromatic nitrogens is 4. The second kappa shape index (κ2) is 9.33. The van der Waals surface area contributed by atoms with Crippen molar-refractivity contribution in [2.45, 2.75) is 72.6 Å². The van der Waals surface area contributed by atoms with Crippen molar-refractivity contribution < 1.29 is 0 Å². The van der Waals surface area contributed by atoms with Gasteiger partial charge in [0.05, 0.1) is 22.8 Å². The third-order valence-corrected chi connectivity index (χ3v) is 3.53. The summed E-state index contributed by atoms with van der Waals surface area (Å²) in [5.41, 5.74) is 4.30. The van der Waals surface area contributed by atoms with Crippen molar-refractivity contribution in [1.82, 2.24) is 19.9 Å². The van der Waals surface area contributed by atoms with Gasteiger partial charge in [-0.2, -0.15) is 0 Å². The van der Waals surface area contributed by atoms with Gasteiger partial charge in [-0.25, -0.2) is 0 Å². The highest BCUT2D eigenvalue weighted by molar-refractivity contribution is 5.08. The lowest BCUT2D eigenvalue weighted by Gasteiger charge is -2.06. The van der Waals surface area contributed by atoms with Crippen molar-refractivity contribution in [2.75, 3.05) is 0 Å². The van der Waals surface area contributed by atoms with Crippen molar-refractivity contribution >= 4 is 0 Å². The lowest BCUT2D eigenvalue weighted by Crippen LogP contribution is -1.98. The minimum absolute atomic E-state index is 0.471. The molecular weight excluding hydrogens is 284 g/mol. The molecule has 0 atom stereocenters.